The summed E-state index contributed by atoms with van der Waals surface area (Å²) in [6, 6.07) is 19.9. The molecule has 0 saturated carbocycles. The molecule has 2 aromatic carbocycles. The summed E-state index contributed by atoms with van der Waals surface area (Å²) in [6.45, 7) is 4.89. The van der Waals surface area contributed by atoms with Gasteiger partial charge in [-0.25, -0.2) is 0 Å². The molecule has 0 saturated heterocycles. The second kappa shape index (κ2) is 10.2. The van der Waals surface area contributed by atoms with Crippen LogP contribution in [0.25, 0.3) is 0 Å². The van der Waals surface area contributed by atoms with E-state index in [1.165, 1.54) is 0 Å². The van der Waals surface area contributed by atoms with E-state index in [4.69, 9.17) is 9.68 Å². The van der Waals surface area contributed by atoms with Crippen LogP contribution in [0.2, 0.25) is 0 Å². The summed E-state index contributed by atoms with van der Waals surface area (Å²) < 4.78 is 0. The molecule has 0 heterocycles. The normalized spacial score (nSPS) is 12.1. The van der Waals surface area contributed by atoms with Gasteiger partial charge in [0, 0.05) is 0 Å². The Balaban J connectivity index is 1.89. The van der Waals surface area contributed by atoms with Crippen LogP contribution in [-0.4, -0.2) is 11.4 Å². The Kier molecular flexibility index (Phi) is 7.54. The smallest absolute Gasteiger partial charge is 0.142 e. The SMILES string of the molecule is CCCC(=NOCc1ccccc1)C(C)=NOCc1ccccc1. The van der Waals surface area contributed by atoms with Gasteiger partial charge in [-0.2, -0.15) is 0 Å². The zero-order valence-corrected chi connectivity index (χ0v) is 14.3. The minimum Gasteiger partial charge on any atom is -0.391 e. The molecule has 0 aromatic heterocycles. The molecule has 2 rings (SSSR count). The second-order valence-electron chi connectivity index (χ2n) is 5.48. The molecule has 4 nitrogen and oxygen atoms in total. The lowest BCUT2D eigenvalue weighted by Crippen LogP contribution is -2.11. The first-order valence-corrected chi connectivity index (χ1v) is 8.23. The molecule has 24 heavy (non-hydrogen) atoms. The lowest BCUT2D eigenvalue weighted by atomic mass is 10.1. The summed E-state index contributed by atoms with van der Waals surface area (Å²) in [6.07, 6.45) is 1.78. The van der Waals surface area contributed by atoms with Crippen molar-refractivity contribution < 1.29 is 9.68 Å². The van der Waals surface area contributed by atoms with Gasteiger partial charge in [-0.1, -0.05) is 84.3 Å². The number of nitrogens with zero attached hydrogens (tertiary/aromatic N) is 2. The minimum absolute atomic E-state index is 0.447. The number of rotatable bonds is 9. The maximum Gasteiger partial charge on any atom is 0.142 e. The predicted molar refractivity (Wildman–Crippen MR) is 97.9 cm³/mol. The molecule has 0 amide bonds. The zero-order valence-electron chi connectivity index (χ0n) is 14.3. The van der Waals surface area contributed by atoms with Crippen molar-refractivity contribution in [3.05, 3.63) is 71.8 Å². The molecule has 0 fully saturated rings. The van der Waals surface area contributed by atoms with Gasteiger partial charge in [0.1, 0.15) is 24.6 Å². The number of benzene rings is 2. The molecule has 0 aliphatic carbocycles. The highest BCUT2D eigenvalue weighted by Crippen LogP contribution is 2.05. The van der Waals surface area contributed by atoms with Gasteiger partial charge in [-0.15, -0.1) is 0 Å². The van der Waals surface area contributed by atoms with Crippen molar-refractivity contribution in [1.29, 1.82) is 0 Å². The Morgan fingerprint density at radius 2 is 1.29 bits per heavy atom. The maximum absolute atomic E-state index is 5.47. The van der Waals surface area contributed by atoms with E-state index >= 15 is 0 Å². The predicted octanol–water partition coefficient (Wildman–Crippen LogP) is 4.95. The van der Waals surface area contributed by atoms with Crippen molar-refractivity contribution in [2.45, 2.75) is 39.9 Å². The van der Waals surface area contributed by atoms with Crippen LogP contribution in [0.15, 0.2) is 71.0 Å². The van der Waals surface area contributed by atoms with Crippen molar-refractivity contribution in [2.75, 3.05) is 0 Å². The largest absolute Gasteiger partial charge is 0.391 e. The van der Waals surface area contributed by atoms with Crippen molar-refractivity contribution in [3.63, 3.8) is 0 Å². The fourth-order valence-electron chi connectivity index (χ4n) is 2.12. The standard InChI is InChI=1S/C20H24N2O2/c1-3-10-20(22-24-16-19-13-8-5-9-14-19)17(2)21-23-15-18-11-6-4-7-12-18/h4-9,11-14H,3,10,15-16H2,1-2H3. The second-order valence-corrected chi connectivity index (χ2v) is 5.48. The highest BCUT2D eigenvalue weighted by Gasteiger charge is 2.05. The minimum atomic E-state index is 0.447. The maximum atomic E-state index is 5.47. The summed E-state index contributed by atoms with van der Waals surface area (Å²) in [5.41, 5.74) is 3.75. The van der Waals surface area contributed by atoms with E-state index in [0.29, 0.717) is 13.2 Å². The summed E-state index contributed by atoms with van der Waals surface area (Å²) in [5, 5.41) is 8.41. The van der Waals surface area contributed by atoms with E-state index in [2.05, 4.69) is 17.2 Å². The van der Waals surface area contributed by atoms with Gasteiger partial charge in [0.25, 0.3) is 0 Å². The van der Waals surface area contributed by atoms with Crippen LogP contribution in [0.4, 0.5) is 0 Å². The fraction of sp³-hybridized carbons (Fsp3) is 0.300. The van der Waals surface area contributed by atoms with Crippen LogP contribution in [0.5, 0.6) is 0 Å². The fourth-order valence-corrected chi connectivity index (χ4v) is 2.12. The monoisotopic (exact) mass is 324 g/mol. The topological polar surface area (TPSA) is 43.2 Å². The Hall–Kier alpha value is -2.62. The molecule has 0 aliphatic rings. The van der Waals surface area contributed by atoms with Gasteiger partial charge in [-0.3, -0.25) is 0 Å². The van der Waals surface area contributed by atoms with Crippen molar-refractivity contribution in [3.8, 4) is 0 Å². The van der Waals surface area contributed by atoms with E-state index in [1.54, 1.807) is 0 Å². The first kappa shape index (κ1) is 17.7. The molecule has 2 aromatic rings. The lowest BCUT2D eigenvalue weighted by Gasteiger charge is -2.06. The highest BCUT2D eigenvalue weighted by atomic mass is 16.6. The molecule has 126 valence electrons. The van der Waals surface area contributed by atoms with Gasteiger partial charge in [0.15, 0.2) is 0 Å². The molecule has 0 aliphatic heterocycles. The average Bonchev–Trinajstić information content (AvgIpc) is 2.63. The van der Waals surface area contributed by atoms with Gasteiger partial charge in [0.2, 0.25) is 0 Å². The summed E-state index contributed by atoms with van der Waals surface area (Å²) in [4.78, 5) is 10.9. The Morgan fingerprint density at radius 1 is 0.792 bits per heavy atom. The van der Waals surface area contributed by atoms with E-state index < -0.39 is 0 Å². The van der Waals surface area contributed by atoms with Crippen LogP contribution in [0, 0.1) is 0 Å². The van der Waals surface area contributed by atoms with Gasteiger partial charge >= 0.3 is 0 Å². The Bertz CT molecular complexity index is 652. The molecule has 0 unspecified atom stereocenters. The van der Waals surface area contributed by atoms with Gasteiger partial charge < -0.3 is 9.68 Å². The molecule has 4 heteroatoms. The molecular formula is C20H24N2O2. The quantitative estimate of drug-likeness (QED) is 0.484. The lowest BCUT2D eigenvalue weighted by molar-refractivity contribution is 0.127. The van der Waals surface area contributed by atoms with Crippen LogP contribution >= 0.6 is 0 Å². The highest BCUT2D eigenvalue weighted by molar-refractivity contribution is 6.41. The van der Waals surface area contributed by atoms with Crippen LogP contribution in [-0.2, 0) is 22.9 Å². The molecule has 0 N–H and O–H groups in total. The average molecular weight is 324 g/mol. The van der Waals surface area contributed by atoms with Crippen LogP contribution in [0.3, 0.4) is 0 Å². The van der Waals surface area contributed by atoms with E-state index in [0.717, 1.165) is 35.4 Å². The van der Waals surface area contributed by atoms with Crippen LogP contribution < -0.4 is 0 Å². The zero-order chi connectivity index (χ0) is 17.0. The first-order chi connectivity index (χ1) is 11.8. The van der Waals surface area contributed by atoms with E-state index in [1.807, 2.05) is 67.6 Å². The number of hydrogen-bond donors (Lipinski definition) is 0. The summed E-state index contributed by atoms with van der Waals surface area (Å²) >= 11 is 0. The van der Waals surface area contributed by atoms with Gasteiger partial charge in [-0.05, 0) is 24.5 Å². The van der Waals surface area contributed by atoms with Gasteiger partial charge in [0.05, 0.1) is 0 Å². The Labute approximate surface area is 143 Å². The van der Waals surface area contributed by atoms with E-state index in [-0.39, 0.29) is 0 Å². The molecule has 0 spiro atoms. The first-order valence-electron chi connectivity index (χ1n) is 8.23. The van der Waals surface area contributed by atoms with Crippen molar-refractivity contribution in [1.82, 2.24) is 0 Å². The third-order valence-electron chi connectivity index (χ3n) is 3.43. The van der Waals surface area contributed by atoms with Crippen molar-refractivity contribution in [2.24, 2.45) is 10.3 Å². The number of oxime groups is 2. The third-order valence-corrected chi connectivity index (χ3v) is 3.43. The molecular weight excluding hydrogens is 300 g/mol. The summed E-state index contributed by atoms with van der Waals surface area (Å²) in [7, 11) is 0. The molecule has 0 bridgehead atoms. The van der Waals surface area contributed by atoms with E-state index in [9.17, 15) is 0 Å². The molecule has 0 atom stereocenters. The molecule has 0 radical (unpaired) electrons. The summed E-state index contributed by atoms with van der Waals surface area (Å²) in [5.74, 6) is 0. The number of hydrogen-bond acceptors (Lipinski definition) is 4. The third kappa shape index (κ3) is 6.24. The van der Waals surface area contributed by atoms with Crippen LogP contribution in [0.1, 0.15) is 37.8 Å². The van der Waals surface area contributed by atoms with Crippen molar-refractivity contribution >= 4 is 11.4 Å². The Morgan fingerprint density at radius 3 is 1.79 bits per heavy atom.